The molecule has 0 heterocycles. The van der Waals surface area contributed by atoms with Crippen LogP contribution in [0.4, 0.5) is 0 Å². The maximum absolute atomic E-state index is 12.3. The maximum Gasteiger partial charge on any atom is 0.240 e. The number of hydrogen-bond donors (Lipinski definition) is 2. The normalized spacial score (nSPS) is 23.0. The molecule has 0 spiro atoms. The van der Waals surface area contributed by atoms with E-state index >= 15 is 0 Å². The van der Waals surface area contributed by atoms with Crippen LogP contribution in [-0.2, 0) is 10.0 Å². The van der Waals surface area contributed by atoms with Crippen molar-refractivity contribution < 1.29 is 18.3 Å². The van der Waals surface area contributed by atoms with Crippen molar-refractivity contribution >= 4 is 26.0 Å². The number of sulfonamides is 1. The highest BCUT2D eigenvalue weighted by Crippen LogP contribution is 2.28. The van der Waals surface area contributed by atoms with Crippen LogP contribution in [0, 0.1) is 5.92 Å². The average molecular weight is 378 g/mol. The Balaban J connectivity index is 2.06. The fraction of sp³-hybridized carbons (Fsp3) is 0.571. The van der Waals surface area contributed by atoms with Gasteiger partial charge in [-0.25, -0.2) is 13.1 Å². The maximum atomic E-state index is 12.3. The molecule has 2 atom stereocenters. The Bertz CT molecular complexity index is 591. The average Bonchev–Trinajstić information content (AvgIpc) is 2.46. The molecule has 118 valence electrons. The second-order valence-corrected chi connectivity index (χ2v) is 7.88. The largest absolute Gasteiger partial charge is 0.496 e. The molecule has 0 bridgehead atoms. The molecule has 7 heteroatoms. The molecule has 1 aliphatic carbocycles. The van der Waals surface area contributed by atoms with Gasteiger partial charge in [-0.05, 0) is 52.9 Å². The van der Waals surface area contributed by atoms with Crippen molar-refractivity contribution in [2.45, 2.75) is 36.7 Å². The number of benzene rings is 1. The summed E-state index contributed by atoms with van der Waals surface area (Å²) in [5.74, 6) is 0.576. The van der Waals surface area contributed by atoms with E-state index in [1.807, 2.05) is 0 Å². The number of aliphatic hydroxyl groups is 1. The lowest BCUT2D eigenvalue weighted by atomic mass is 9.87. The summed E-state index contributed by atoms with van der Waals surface area (Å²) in [6.07, 6.45) is 3.24. The summed E-state index contributed by atoms with van der Waals surface area (Å²) < 4.78 is 32.8. The van der Waals surface area contributed by atoms with E-state index in [-0.39, 0.29) is 17.4 Å². The smallest absolute Gasteiger partial charge is 0.240 e. The second kappa shape index (κ2) is 7.09. The summed E-state index contributed by atoms with van der Waals surface area (Å²) in [6.45, 7) is 0.271. The minimum atomic E-state index is -3.58. The predicted octanol–water partition coefficient (Wildman–Crippen LogP) is 2.29. The van der Waals surface area contributed by atoms with Gasteiger partial charge < -0.3 is 9.84 Å². The van der Waals surface area contributed by atoms with E-state index in [9.17, 15) is 13.5 Å². The van der Waals surface area contributed by atoms with Gasteiger partial charge in [-0.1, -0.05) is 12.8 Å². The van der Waals surface area contributed by atoms with Gasteiger partial charge in [-0.15, -0.1) is 0 Å². The Morgan fingerprint density at radius 1 is 1.38 bits per heavy atom. The zero-order chi connectivity index (χ0) is 15.5. The third-order valence-corrected chi connectivity index (χ3v) is 5.88. The number of nitrogens with one attached hydrogen (secondary N) is 1. The van der Waals surface area contributed by atoms with Crippen molar-refractivity contribution in [2.24, 2.45) is 5.92 Å². The van der Waals surface area contributed by atoms with Gasteiger partial charge in [0, 0.05) is 6.54 Å². The Labute approximate surface area is 133 Å². The zero-order valence-corrected chi connectivity index (χ0v) is 14.3. The molecule has 2 rings (SSSR count). The Hall–Kier alpha value is -0.630. The number of aliphatic hydroxyl groups excluding tert-OH is 1. The Morgan fingerprint density at radius 2 is 2.10 bits per heavy atom. The van der Waals surface area contributed by atoms with Crippen LogP contribution in [0.5, 0.6) is 5.75 Å². The molecule has 1 aliphatic rings. The van der Waals surface area contributed by atoms with Crippen molar-refractivity contribution in [2.75, 3.05) is 13.7 Å². The van der Waals surface area contributed by atoms with E-state index in [0.29, 0.717) is 10.2 Å². The summed E-state index contributed by atoms with van der Waals surface area (Å²) >= 11 is 3.28. The van der Waals surface area contributed by atoms with E-state index in [1.54, 1.807) is 6.07 Å². The third kappa shape index (κ3) is 4.18. The lowest BCUT2D eigenvalue weighted by Crippen LogP contribution is -2.36. The van der Waals surface area contributed by atoms with Gasteiger partial charge in [0.1, 0.15) is 5.75 Å². The van der Waals surface area contributed by atoms with Gasteiger partial charge in [0.25, 0.3) is 0 Å². The van der Waals surface area contributed by atoms with Gasteiger partial charge in [0.2, 0.25) is 10.0 Å². The first-order valence-corrected chi connectivity index (χ1v) is 9.23. The highest BCUT2D eigenvalue weighted by Gasteiger charge is 2.25. The number of methoxy groups -OCH3 is 1. The van der Waals surface area contributed by atoms with Crippen molar-refractivity contribution in [3.63, 3.8) is 0 Å². The standard InChI is InChI=1S/C14H20BrNO4S/c1-20-14-7-6-11(8-12(14)15)21(18,19)16-9-10-4-2-3-5-13(10)17/h6-8,10,13,16-17H,2-5,9H2,1H3. The Kier molecular flexibility index (Phi) is 5.65. The van der Waals surface area contributed by atoms with Crippen LogP contribution >= 0.6 is 15.9 Å². The molecule has 0 radical (unpaired) electrons. The quantitative estimate of drug-likeness (QED) is 0.825. The summed E-state index contributed by atoms with van der Waals surface area (Å²) in [7, 11) is -2.05. The predicted molar refractivity (Wildman–Crippen MR) is 83.8 cm³/mol. The molecule has 1 saturated carbocycles. The summed E-state index contributed by atoms with van der Waals surface area (Å²) in [5, 5.41) is 9.89. The summed E-state index contributed by atoms with van der Waals surface area (Å²) in [4.78, 5) is 0.181. The van der Waals surface area contributed by atoms with E-state index < -0.39 is 16.1 Å². The molecule has 0 saturated heterocycles. The number of hydrogen-bond acceptors (Lipinski definition) is 4. The Morgan fingerprint density at radius 3 is 2.71 bits per heavy atom. The van der Waals surface area contributed by atoms with E-state index in [4.69, 9.17) is 4.74 Å². The van der Waals surface area contributed by atoms with Crippen LogP contribution in [0.1, 0.15) is 25.7 Å². The van der Waals surface area contributed by atoms with Crippen LogP contribution in [0.3, 0.4) is 0 Å². The first kappa shape index (κ1) is 16.7. The first-order valence-electron chi connectivity index (χ1n) is 6.95. The first-order chi connectivity index (χ1) is 9.94. The molecule has 1 aromatic rings. The molecular formula is C14H20BrNO4S. The minimum Gasteiger partial charge on any atom is -0.496 e. The molecule has 5 nitrogen and oxygen atoms in total. The lowest BCUT2D eigenvalue weighted by molar-refractivity contribution is 0.0724. The molecule has 0 amide bonds. The molecular weight excluding hydrogens is 358 g/mol. The van der Waals surface area contributed by atoms with Crippen LogP contribution < -0.4 is 9.46 Å². The van der Waals surface area contributed by atoms with Crippen LogP contribution in [0.25, 0.3) is 0 Å². The molecule has 21 heavy (non-hydrogen) atoms. The lowest BCUT2D eigenvalue weighted by Gasteiger charge is -2.27. The van der Waals surface area contributed by atoms with E-state index in [2.05, 4.69) is 20.7 Å². The van der Waals surface area contributed by atoms with Crippen LogP contribution in [-0.4, -0.2) is 33.3 Å². The minimum absolute atomic E-state index is 0.00443. The van der Waals surface area contributed by atoms with Gasteiger partial charge >= 0.3 is 0 Å². The van der Waals surface area contributed by atoms with Crippen molar-refractivity contribution in [1.29, 1.82) is 0 Å². The highest BCUT2D eigenvalue weighted by atomic mass is 79.9. The van der Waals surface area contributed by atoms with Crippen molar-refractivity contribution in [1.82, 2.24) is 4.72 Å². The SMILES string of the molecule is COc1ccc(S(=O)(=O)NCC2CCCCC2O)cc1Br. The van der Waals surface area contributed by atoms with Crippen molar-refractivity contribution in [3.8, 4) is 5.75 Å². The molecule has 2 N–H and O–H groups in total. The molecule has 1 fully saturated rings. The molecule has 1 aromatic carbocycles. The van der Waals surface area contributed by atoms with Crippen molar-refractivity contribution in [3.05, 3.63) is 22.7 Å². The summed E-state index contributed by atoms with van der Waals surface area (Å²) in [6, 6.07) is 4.62. The van der Waals surface area contributed by atoms with Gasteiger partial charge in [0.05, 0.1) is 22.6 Å². The van der Waals surface area contributed by atoms with Crippen LogP contribution in [0.2, 0.25) is 0 Å². The van der Waals surface area contributed by atoms with Gasteiger partial charge in [0.15, 0.2) is 0 Å². The zero-order valence-electron chi connectivity index (χ0n) is 11.9. The number of halogens is 1. The second-order valence-electron chi connectivity index (χ2n) is 5.26. The highest BCUT2D eigenvalue weighted by molar-refractivity contribution is 9.10. The number of rotatable bonds is 5. The van der Waals surface area contributed by atoms with Gasteiger partial charge in [-0.3, -0.25) is 0 Å². The molecule has 2 unspecified atom stereocenters. The van der Waals surface area contributed by atoms with E-state index in [0.717, 1.165) is 25.7 Å². The summed E-state index contributed by atoms with van der Waals surface area (Å²) in [5.41, 5.74) is 0. The van der Waals surface area contributed by atoms with Gasteiger partial charge in [-0.2, -0.15) is 0 Å². The molecule has 0 aromatic heterocycles. The monoisotopic (exact) mass is 377 g/mol. The molecule has 0 aliphatic heterocycles. The van der Waals surface area contributed by atoms with Crippen LogP contribution in [0.15, 0.2) is 27.6 Å². The fourth-order valence-corrected chi connectivity index (χ4v) is 4.35. The van der Waals surface area contributed by atoms with E-state index in [1.165, 1.54) is 19.2 Å². The fourth-order valence-electron chi connectivity index (χ4n) is 2.54. The third-order valence-electron chi connectivity index (χ3n) is 3.84. The topological polar surface area (TPSA) is 75.6 Å². The number of ether oxygens (including phenoxy) is 1.